The van der Waals surface area contributed by atoms with Gasteiger partial charge in [-0.25, -0.2) is 0 Å². The number of thioether (sulfide) groups is 1. The molecule has 1 saturated heterocycles. The molecule has 27 heavy (non-hydrogen) atoms. The van der Waals surface area contributed by atoms with Crippen LogP contribution < -0.4 is 11.1 Å². The van der Waals surface area contributed by atoms with Crippen molar-refractivity contribution in [1.29, 1.82) is 5.41 Å². The van der Waals surface area contributed by atoms with Gasteiger partial charge < -0.3 is 30.0 Å². The lowest BCUT2D eigenvalue weighted by Gasteiger charge is -2.44. The Bertz CT molecular complexity index is 614. The fourth-order valence-corrected chi connectivity index (χ4v) is 3.33. The van der Waals surface area contributed by atoms with Crippen molar-refractivity contribution >= 4 is 40.7 Å². The van der Waals surface area contributed by atoms with Gasteiger partial charge in [-0.1, -0.05) is 11.8 Å². The highest BCUT2D eigenvalue weighted by atomic mass is 32.2. The molecule has 0 radical (unpaired) electrons. The van der Waals surface area contributed by atoms with E-state index in [-0.39, 0.29) is 11.8 Å². The van der Waals surface area contributed by atoms with Crippen molar-refractivity contribution in [3.63, 3.8) is 0 Å². The Morgan fingerprint density at radius 3 is 2.04 bits per heavy atom. The lowest BCUT2D eigenvalue weighted by Crippen LogP contribution is -2.65. The van der Waals surface area contributed by atoms with Crippen molar-refractivity contribution in [2.75, 3.05) is 6.61 Å². The van der Waals surface area contributed by atoms with Gasteiger partial charge in [0.15, 0.2) is 17.4 Å². The normalized spacial score (nSPS) is 27.2. The number of amidine groups is 1. The minimum atomic E-state index is -1.16. The maximum Gasteiger partial charge on any atom is 0.303 e. The third kappa shape index (κ3) is 7.43. The average Bonchev–Trinajstić information content (AvgIpc) is 2.49. The summed E-state index contributed by atoms with van der Waals surface area (Å²) in [5.41, 5.74) is 4.47. The molecule has 0 aromatic heterocycles. The second-order valence-corrected chi connectivity index (χ2v) is 6.84. The third-order valence-corrected chi connectivity index (χ3v) is 4.20. The number of amides is 1. The van der Waals surface area contributed by atoms with Gasteiger partial charge in [-0.3, -0.25) is 24.6 Å². The van der Waals surface area contributed by atoms with E-state index in [4.69, 9.17) is 30.1 Å². The van der Waals surface area contributed by atoms with Gasteiger partial charge in [0.2, 0.25) is 5.91 Å². The molecular formula is C15H23N3O8S. The summed E-state index contributed by atoms with van der Waals surface area (Å²) in [4.78, 5) is 45.9. The molecule has 1 rings (SSSR count). The van der Waals surface area contributed by atoms with Gasteiger partial charge in [-0.15, -0.1) is 0 Å². The van der Waals surface area contributed by atoms with Gasteiger partial charge in [-0.05, 0) is 0 Å². The lowest BCUT2D eigenvalue weighted by molar-refractivity contribution is -0.211. The van der Waals surface area contributed by atoms with Crippen LogP contribution >= 0.6 is 11.8 Å². The maximum atomic E-state index is 11.6. The summed E-state index contributed by atoms with van der Waals surface area (Å²) in [5.74, 6) is -2.43. The smallest absolute Gasteiger partial charge is 0.303 e. The van der Waals surface area contributed by atoms with E-state index in [0.29, 0.717) is 0 Å². The summed E-state index contributed by atoms with van der Waals surface area (Å²) in [5, 5.41) is 9.74. The molecule has 1 amide bonds. The Morgan fingerprint density at radius 1 is 1.04 bits per heavy atom. The van der Waals surface area contributed by atoms with Crippen molar-refractivity contribution in [1.82, 2.24) is 5.32 Å². The number of hydrogen-bond acceptors (Lipinski definition) is 10. The predicted octanol–water partition coefficient (Wildman–Crippen LogP) is -0.731. The number of nitrogens with two attached hydrogens (primary N) is 1. The third-order valence-electron chi connectivity index (χ3n) is 3.31. The molecule has 0 aromatic carbocycles. The monoisotopic (exact) mass is 405 g/mol. The summed E-state index contributed by atoms with van der Waals surface area (Å²) < 4.78 is 21.2. The fraction of sp³-hybridized carbons (Fsp3) is 0.667. The van der Waals surface area contributed by atoms with Gasteiger partial charge >= 0.3 is 17.9 Å². The number of rotatable bonds is 6. The molecule has 11 nitrogen and oxygen atoms in total. The molecule has 5 atom stereocenters. The van der Waals surface area contributed by atoms with E-state index in [1.807, 2.05) is 0 Å². The number of carbonyl (C=O) groups excluding carboxylic acids is 4. The molecule has 152 valence electrons. The number of carbonyl (C=O) groups is 4. The SMILES string of the molecule is CC(=O)N[C@H]1C(SC(=N)N)O[C@H](COC(C)=O)[C@@H](OC(C)=O)[C@@H]1OC(C)=O. The number of nitrogens with one attached hydrogen (secondary N) is 2. The van der Waals surface area contributed by atoms with Gasteiger partial charge in [0.25, 0.3) is 0 Å². The lowest BCUT2D eigenvalue weighted by atomic mass is 9.97. The standard InChI is InChI=1S/C15H23N3O8S/c1-6(19)18-11-13(25-9(4)22)12(24-8(3)21)10(5-23-7(2)20)26-14(11)27-15(16)17/h10-14H,5H2,1-4H3,(H3,16,17)(H,18,19)/t10-,11-,12-,13-,14?/m1/s1. The van der Waals surface area contributed by atoms with Crippen LogP contribution in [0.15, 0.2) is 0 Å². The number of hydrogen-bond donors (Lipinski definition) is 3. The molecule has 0 aliphatic carbocycles. The predicted molar refractivity (Wildman–Crippen MR) is 93.5 cm³/mol. The van der Waals surface area contributed by atoms with E-state index >= 15 is 0 Å². The Kier molecular flexibility index (Phi) is 8.50. The van der Waals surface area contributed by atoms with Crippen LogP contribution in [0.2, 0.25) is 0 Å². The first kappa shape index (κ1) is 22.7. The molecule has 1 aliphatic heterocycles. The topological polar surface area (TPSA) is 167 Å². The molecule has 1 fully saturated rings. The summed E-state index contributed by atoms with van der Waals surface area (Å²) in [6.07, 6.45) is -3.32. The molecular weight excluding hydrogens is 382 g/mol. The second-order valence-electron chi connectivity index (χ2n) is 5.70. The van der Waals surface area contributed by atoms with Crippen LogP contribution in [0.5, 0.6) is 0 Å². The van der Waals surface area contributed by atoms with Crippen LogP contribution in [-0.4, -0.2) is 65.4 Å². The second kappa shape index (κ2) is 10.1. The van der Waals surface area contributed by atoms with E-state index in [2.05, 4.69) is 5.32 Å². The molecule has 12 heteroatoms. The minimum Gasteiger partial charge on any atom is -0.463 e. The zero-order valence-electron chi connectivity index (χ0n) is 15.3. The molecule has 4 N–H and O–H groups in total. The largest absolute Gasteiger partial charge is 0.463 e. The van der Waals surface area contributed by atoms with Crippen LogP contribution in [0.1, 0.15) is 27.7 Å². The van der Waals surface area contributed by atoms with E-state index < -0.39 is 53.6 Å². The summed E-state index contributed by atoms with van der Waals surface area (Å²) in [6.45, 7) is 4.44. The first-order chi connectivity index (χ1) is 12.5. The highest BCUT2D eigenvalue weighted by molar-refractivity contribution is 8.14. The van der Waals surface area contributed by atoms with Gasteiger partial charge in [0.1, 0.15) is 24.2 Å². The number of esters is 3. The quantitative estimate of drug-likeness (QED) is 0.222. The van der Waals surface area contributed by atoms with Crippen LogP contribution in [0.4, 0.5) is 0 Å². The molecule has 1 unspecified atom stereocenters. The minimum absolute atomic E-state index is 0.299. The van der Waals surface area contributed by atoms with Crippen LogP contribution in [0, 0.1) is 5.41 Å². The van der Waals surface area contributed by atoms with E-state index in [1.165, 1.54) is 13.8 Å². The molecule has 1 heterocycles. The zero-order chi connectivity index (χ0) is 20.7. The molecule has 1 aliphatic rings. The van der Waals surface area contributed by atoms with Gasteiger partial charge in [0.05, 0.1) is 0 Å². The van der Waals surface area contributed by atoms with E-state index in [9.17, 15) is 19.2 Å². The van der Waals surface area contributed by atoms with Crippen molar-refractivity contribution in [2.24, 2.45) is 5.73 Å². The summed E-state index contributed by atoms with van der Waals surface area (Å²) in [6, 6.07) is -0.974. The maximum absolute atomic E-state index is 11.6. The average molecular weight is 405 g/mol. The first-order valence-corrected chi connectivity index (χ1v) is 8.80. The molecule has 0 saturated carbocycles. The van der Waals surface area contributed by atoms with Crippen molar-refractivity contribution < 1.29 is 38.1 Å². The highest BCUT2D eigenvalue weighted by Crippen LogP contribution is 2.32. The van der Waals surface area contributed by atoms with Crippen molar-refractivity contribution in [3.8, 4) is 0 Å². The number of ether oxygens (including phenoxy) is 4. The summed E-state index contributed by atoms with van der Waals surface area (Å²) in [7, 11) is 0. The van der Waals surface area contributed by atoms with Gasteiger partial charge in [0, 0.05) is 27.7 Å². The van der Waals surface area contributed by atoms with E-state index in [0.717, 1.165) is 25.6 Å². The molecule has 0 bridgehead atoms. The van der Waals surface area contributed by atoms with E-state index in [1.54, 1.807) is 0 Å². The summed E-state index contributed by atoms with van der Waals surface area (Å²) >= 11 is 0.767. The van der Waals surface area contributed by atoms with Crippen molar-refractivity contribution in [2.45, 2.75) is 57.5 Å². The van der Waals surface area contributed by atoms with Crippen molar-refractivity contribution in [3.05, 3.63) is 0 Å². The highest BCUT2D eigenvalue weighted by Gasteiger charge is 2.51. The molecule has 0 spiro atoms. The van der Waals surface area contributed by atoms with Crippen LogP contribution in [-0.2, 0) is 38.1 Å². The zero-order valence-corrected chi connectivity index (χ0v) is 16.2. The van der Waals surface area contributed by atoms with Crippen LogP contribution in [0.25, 0.3) is 0 Å². The Hall–Kier alpha value is -2.34. The first-order valence-electron chi connectivity index (χ1n) is 7.92. The fourth-order valence-electron chi connectivity index (χ4n) is 2.52. The Balaban J connectivity index is 3.29. The Morgan fingerprint density at radius 2 is 1.59 bits per heavy atom. The van der Waals surface area contributed by atoms with Gasteiger partial charge in [-0.2, -0.15) is 0 Å². The van der Waals surface area contributed by atoms with Crippen LogP contribution in [0.3, 0.4) is 0 Å². The Labute approximate surface area is 160 Å². The molecule has 0 aromatic rings.